The molecule has 0 spiro atoms. The van der Waals surface area contributed by atoms with E-state index in [1.54, 1.807) is 19.2 Å². The molecule has 0 aromatic carbocycles. The van der Waals surface area contributed by atoms with E-state index >= 15 is 0 Å². The van der Waals surface area contributed by atoms with Crippen LogP contribution in [0.3, 0.4) is 0 Å². The van der Waals surface area contributed by atoms with Gasteiger partial charge in [0.25, 0.3) is 0 Å². The van der Waals surface area contributed by atoms with Crippen LogP contribution in [0.1, 0.15) is 24.8 Å². The van der Waals surface area contributed by atoms with Crippen LogP contribution in [0.4, 0.5) is 4.39 Å². The quantitative estimate of drug-likeness (QED) is 0.834. The fraction of sp³-hybridized carbons (Fsp3) is 0.467. The molecule has 0 aliphatic heterocycles. The molecular weight excluding hydrogens is 323 g/mol. The topological polar surface area (TPSA) is 70.0 Å². The molecule has 0 bridgehead atoms. The molecule has 1 unspecified atom stereocenters. The van der Waals surface area contributed by atoms with Crippen LogP contribution in [0.5, 0.6) is 11.9 Å². The molecule has 0 saturated heterocycles. The number of aromatic nitrogens is 4. The summed E-state index contributed by atoms with van der Waals surface area (Å²) in [6, 6.07) is 2.00. The SMILES string of the molecule is COc1ncc(-c2cc([C@H]3C[C@@H]3C(C)F)c(Cl)nn2)c(OC)n1. The van der Waals surface area contributed by atoms with Gasteiger partial charge in [-0.05, 0) is 36.8 Å². The third-order valence-corrected chi connectivity index (χ3v) is 4.28. The lowest BCUT2D eigenvalue weighted by atomic mass is 10.1. The zero-order valence-electron chi connectivity index (χ0n) is 13.0. The molecule has 8 heteroatoms. The molecule has 1 saturated carbocycles. The average molecular weight is 339 g/mol. The molecule has 1 aliphatic carbocycles. The van der Waals surface area contributed by atoms with Gasteiger partial charge in [-0.1, -0.05) is 11.6 Å². The Morgan fingerprint density at radius 3 is 2.70 bits per heavy atom. The second kappa shape index (κ2) is 6.23. The third-order valence-electron chi connectivity index (χ3n) is 3.99. The van der Waals surface area contributed by atoms with Crippen molar-refractivity contribution in [3.8, 4) is 23.1 Å². The van der Waals surface area contributed by atoms with E-state index in [4.69, 9.17) is 21.1 Å². The molecule has 1 fully saturated rings. The maximum atomic E-state index is 13.4. The van der Waals surface area contributed by atoms with Crippen LogP contribution < -0.4 is 9.47 Å². The Morgan fingerprint density at radius 1 is 1.30 bits per heavy atom. The molecule has 0 amide bonds. The fourth-order valence-corrected chi connectivity index (χ4v) is 2.88. The third kappa shape index (κ3) is 3.06. The number of methoxy groups -OCH3 is 2. The van der Waals surface area contributed by atoms with Crippen LogP contribution in [0.15, 0.2) is 12.3 Å². The number of hydrogen-bond donors (Lipinski definition) is 0. The Kier molecular flexibility index (Phi) is 4.30. The summed E-state index contributed by atoms with van der Waals surface area (Å²) in [5, 5.41) is 8.36. The van der Waals surface area contributed by atoms with E-state index in [9.17, 15) is 4.39 Å². The van der Waals surface area contributed by atoms with Crippen molar-refractivity contribution in [1.29, 1.82) is 0 Å². The minimum absolute atomic E-state index is 0.0152. The van der Waals surface area contributed by atoms with Crippen molar-refractivity contribution in [2.24, 2.45) is 5.92 Å². The lowest BCUT2D eigenvalue weighted by molar-refractivity contribution is 0.319. The molecule has 1 aliphatic rings. The minimum atomic E-state index is -0.869. The van der Waals surface area contributed by atoms with Crippen molar-refractivity contribution < 1.29 is 13.9 Å². The van der Waals surface area contributed by atoms with Crippen LogP contribution >= 0.6 is 11.6 Å². The standard InChI is InChI=1S/C15H16ClFN4O2/c1-7(17)8-4-9(8)10-5-12(20-21-13(10)16)11-6-18-15(23-3)19-14(11)22-2/h5-9H,4H2,1-3H3/t7?,8-,9+/m1/s1. The van der Waals surface area contributed by atoms with Crippen LogP contribution in [-0.2, 0) is 0 Å². The summed E-state index contributed by atoms with van der Waals surface area (Å²) in [4.78, 5) is 8.19. The Labute approximate surface area is 138 Å². The van der Waals surface area contributed by atoms with Gasteiger partial charge in [-0.3, -0.25) is 0 Å². The lowest BCUT2D eigenvalue weighted by Crippen LogP contribution is -2.02. The van der Waals surface area contributed by atoms with Crippen LogP contribution in [0.2, 0.25) is 5.15 Å². The first-order valence-electron chi connectivity index (χ1n) is 7.17. The number of rotatable bonds is 5. The van der Waals surface area contributed by atoms with E-state index in [1.165, 1.54) is 14.2 Å². The van der Waals surface area contributed by atoms with Gasteiger partial charge >= 0.3 is 6.01 Å². The number of nitrogens with zero attached hydrogens (tertiary/aromatic N) is 4. The molecule has 0 radical (unpaired) electrons. The predicted molar refractivity (Wildman–Crippen MR) is 82.6 cm³/mol. The highest BCUT2D eigenvalue weighted by Crippen LogP contribution is 2.52. The molecular formula is C15H16ClFN4O2. The summed E-state index contributed by atoms with van der Waals surface area (Å²) < 4.78 is 23.7. The summed E-state index contributed by atoms with van der Waals surface area (Å²) in [5.41, 5.74) is 1.90. The Morgan fingerprint density at radius 2 is 2.09 bits per heavy atom. The van der Waals surface area contributed by atoms with Gasteiger partial charge in [-0.15, -0.1) is 10.2 Å². The van der Waals surface area contributed by atoms with Gasteiger partial charge in [0.1, 0.15) is 11.9 Å². The molecule has 3 rings (SSSR count). The number of hydrogen-bond acceptors (Lipinski definition) is 6. The van der Waals surface area contributed by atoms with Gasteiger partial charge in [-0.25, -0.2) is 9.37 Å². The molecule has 3 atom stereocenters. The minimum Gasteiger partial charge on any atom is -0.480 e. The number of alkyl halides is 1. The van der Waals surface area contributed by atoms with Crippen LogP contribution in [0, 0.1) is 5.92 Å². The van der Waals surface area contributed by atoms with Crippen LogP contribution in [-0.4, -0.2) is 40.6 Å². The highest BCUT2D eigenvalue weighted by molar-refractivity contribution is 6.30. The van der Waals surface area contributed by atoms with Crippen molar-refractivity contribution in [3.63, 3.8) is 0 Å². The summed E-state index contributed by atoms with van der Waals surface area (Å²) in [7, 11) is 2.97. The molecule has 2 aromatic heterocycles. The van der Waals surface area contributed by atoms with Crippen molar-refractivity contribution in [2.45, 2.75) is 25.4 Å². The molecule has 0 N–H and O–H groups in total. The van der Waals surface area contributed by atoms with Gasteiger partial charge in [-0.2, -0.15) is 4.98 Å². The number of ether oxygens (including phenoxy) is 2. The van der Waals surface area contributed by atoms with Crippen molar-refractivity contribution in [3.05, 3.63) is 23.0 Å². The van der Waals surface area contributed by atoms with Gasteiger partial charge in [0.2, 0.25) is 5.88 Å². The monoisotopic (exact) mass is 338 g/mol. The Hall–Kier alpha value is -2.02. The van der Waals surface area contributed by atoms with Crippen molar-refractivity contribution >= 4 is 11.6 Å². The van der Waals surface area contributed by atoms with E-state index in [-0.39, 0.29) is 17.8 Å². The predicted octanol–water partition coefficient (Wildman–Crippen LogP) is 3.07. The van der Waals surface area contributed by atoms with Crippen LogP contribution in [0.25, 0.3) is 11.3 Å². The van der Waals surface area contributed by atoms with Gasteiger partial charge in [0.05, 0.1) is 19.8 Å². The molecule has 6 nitrogen and oxygen atoms in total. The number of halogens is 2. The Balaban J connectivity index is 1.98. The van der Waals surface area contributed by atoms with Crippen molar-refractivity contribution in [1.82, 2.24) is 20.2 Å². The highest BCUT2D eigenvalue weighted by atomic mass is 35.5. The van der Waals surface area contributed by atoms with Gasteiger partial charge < -0.3 is 9.47 Å². The lowest BCUT2D eigenvalue weighted by Gasteiger charge is -2.09. The summed E-state index contributed by atoms with van der Waals surface area (Å²) in [6.45, 7) is 1.56. The van der Waals surface area contributed by atoms with E-state index in [0.717, 1.165) is 12.0 Å². The van der Waals surface area contributed by atoms with E-state index in [1.807, 2.05) is 0 Å². The maximum Gasteiger partial charge on any atom is 0.319 e. The first-order chi connectivity index (χ1) is 11.0. The highest BCUT2D eigenvalue weighted by Gasteiger charge is 2.44. The molecule has 23 heavy (non-hydrogen) atoms. The van der Waals surface area contributed by atoms with E-state index in [0.29, 0.717) is 22.3 Å². The normalized spacial score (nSPS) is 20.9. The molecule has 122 valence electrons. The summed E-state index contributed by atoms with van der Waals surface area (Å²) >= 11 is 6.13. The first-order valence-corrected chi connectivity index (χ1v) is 7.55. The van der Waals surface area contributed by atoms with Crippen molar-refractivity contribution in [2.75, 3.05) is 14.2 Å². The maximum absolute atomic E-state index is 13.4. The smallest absolute Gasteiger partial charge is 0.319 e. The fourth-order valence-electron chi connectivity index (χ4n) is 2.64. The average Bonchev–Trinajstić information content (AvgIpc) is 3.35. The first kappa shape index (κ1) is 15.9. The second-order valence-electron chi connectivity index (χ2n) is 5.44. The Bertz CT molecular complexity index is 729. The second-order valence-corrected chi connectivity index (χ2v) is 5.80. The van der Waals surface area contributed by atoms with E-state index in [2.05, 4.69) is 20.2 Å². The van der Waals surface area contributed by atoms with Gasteiger partial charge in [0.15, 0.2) is 5.15 Å². The summed E-state index contributed by atoms with van der Waals surface area (Å²) in [6.07, 6.45) is 1.44. The zero-order valence-corrected chi connectivity index (χ0v) is 13.7. The van der Waals surface area contributed by atoms with Gasteiger partial charge in [0, 0.05) is 6.20 Å². The zero-order chi connectivity index (χ0) is 16.6. The molecule has 2 aromatic rings. The summed E-state index contributed by atoms with van der Waals surface area (Å²) in [5.74, 6) is 0.381. The molecule has 2 heterocycles. The van der Waals surface area contributed by atoms with E-state index < -0.39 is 6.17 Å². The largest absolute Gasteiger partial charge is 0.480 e.